The van der Waals surface area contributed by atoms with E-state index < -0.39 is 6.23 Å². The maximum Gasteiger partial charge on any atom is 0.112 e. The highest BCUT2D eigenvalue weighted by atomic mass is 16.3. The summed E-state index contributed by atoms with van der Waals surface area (Å²) in [5.41, 5.74) is 0. The van der Waals surface area contributed by atoms with E-state index in [1.807, 2.05) is 6.92 Å². The van der Waals surface area contributed by atoms with Crippen LogP contribution < -0.4 is 5.32 Å². The third-order valence-electron chi connectivity index (χ3n) is 1.18. The van der Waals surface area contributed by atoms with Gasteiger partial charge in [0.2, 0.25) is 0 Å². The van der Waals surface area contributed by atoms with Crippen LogP contribution in [0, 0.1) is 5.92 Å². The van der Waals surface area contributed by atoms with Crippen molar-refractivity contribution in [2.24, 2.45) is 10.9 Å². The number of aliphatic hydroxyl groups is 1. The Morgan fingerprint density at radius 1 is 1.67 bits per heavy atom. The lowest BCUT2D eigenvalue weighted by atomic mass is 10.2. The fourth-order valence-corrected chi connectivity index (χ4v) is 0.580. The van der Waals surface area contributed by atoms with Crippen LogP contribution >= 0.6 is 0 Å². The van der Waals surface area contributed by atoms with E-state index >= 15 is 0 Å². The molecule has 0 amide bonds. The lowest BCUT2D eigenvalue weighted by Crippen LogP contribution is -2.32. The topological polar surface area (TPSA) is 44.6 Å². The van der Waals surface area contributed by atoms with E-state index in [9.17, 15) is 0 Å². The van der Waals surface area contributed by atoms with Crippen LogP contribution in [0.1, 0.15) is 6.92 Å². The van der Waals surface area contributed by atoms with Crippen LogP contribution in [0.2, 0.25) is 0 Å². The Balaban J connectivity index is 3.58. The Hall–Kier alpha value is -0.410. The van der Waals surface area contributed by atoms with Gasteiger partial charge in [-0.1, -0.05) is 6.92 Å². The summed E-state index contributed by atoms with van der Waals surface area (Å²) in [6.07, 6.45) is 1.23. The molecule has 0 aliphatic heterocycles. The first kappa shape index (κ1) is 8.59. The van der Waals surface area contributed by atoms with Crippen molar-refractivity contribution in [3.8, 4) is 0 Å². The van der Waals surface area contributed by atoms with Gasteiger partial charge in [-0.3, -0.25) is 5.32 Å². The standard InChI is InChI=1S/C6H14N2O/c1-5(4-7-2)6(9)8-3/h4-6,8-9H,1-3H3/b7-4-. The Morgan fingerprint density at radius 3 is 2.56 bits per heavy atom. The maximum absolute atomic E-state index is 9.06. The van der Waals surface area contributed by atoms with Gasteiger partial charge in [0.25, 0.3) is 0 Å². The Kier molecular flexibility index (Phi) is 4.26. The average Bonchev–Trinajstić information content (AvgIpc) is 1.87. The molecule has 0 saturated carbocycles. The Bertz CT molecular complexity index is 93.1. The minimum Gasteiger partial charge on any atom is -0.378 e. The highest BCUT2D eigenvalue weighted by molar-refractivity contribution is 5.60. The molecule has 0 aliphatic rings. The molecule has 0 bridgehead atoms. The molecule has 0 spiro atoms. The molecule has 0 aliphatic carbocycles. The molecule has 0 aromatic carbocycles. The fourth-order valence-electron chi connectivity index (χ4n) is 0.580. The van der Waals surface area contributed by atoms with Crippen molar-refractivity contribution in [3.63, 3.8) is 0 Å². The Labute approximate surface area is 55.8 Å². The van der Waals surface area contributed by atoms with Gasteiger partial charge in [-0.15, -0.1) is 0 Å². The normalized spacial score (nSPS) is 18.2. The molecule has 0 rings (SSSR count). The van der Waals surface area contributed by atoms with Crippen LogP contribution in [-0.4, -0.2) is 31.6 Å². The summed E-state index contributed by atoms with van der Waals surface area (Å²) >= 11 is 0. The van der Waals surface area contributed by atoms with Crippen LogP contribution in [0.15, 0.2) is 4.99 Å². The summed E-state index contributed by atoms with van der Waals surface area (Å²) in [6.45, 7) is 1.90. The number of hydrogen-bond acceptors (Lipinski definition) is 3. The van der Waals surface area contributed by atoms with E-state index in [2.05, 4.69) is 10.3 Å². The summed E-state index contributed by atoms with van der Waals surface area (Å²) in [4.78, 5) is 3.78. The molecule has 0 radical (unpaired) electrons. The highest BCUT2D eigenvalue weighted by Gasteiger charge is 2.06. The summed E-state index contributed by atoms with van der Waals surface area (Å²) in [6, 6.07) is 0. The zero-order valence-electron chi connectivity index (χ0n) is 6.13. The van der Waals surface area contributed by atoms with Crippen molar-refractivity contribution in [2.75, 3.05) is 14.1 Å². The van der Waals surface area contributed by atoms with Gasteiger partial charge in [0.05, 0.1) is 0 Å². The maximum atomic E-state index is 9.06. The Morgan fingerprint density at radius 2 is 2.22 bits per heavy atom. The SMILES string of the molecule is C/N=C\C(C)C(O)NC. The molecule has 0 aromatic heterocycles. The number of rotatable bonds is 3. The van der Waals surface area contributed by atoms with E-state index in [1.165, 1.54) is 0 Å². The lowest BCUT2D eigenvalue weighted by Gasteiger charge is -2.12. The molecule has 2 atom stereocenters. The summed E-state index contributed by atoms with van der Waals surface area (Å²) < 4.78 is 0. The van der Waals surface area contributed by atoms with Gasteiger partial charge in [-0.05, 0) is 7.05 Å². The van der Waals surface area contributed by atoms with E-state index in [1.54, 1.807) is 20.3 Å². The monoisotopic (exact) mass is 130 g/mol. The predicted molar refractivity (Wildman–Crippen MR) is 38.6 cm³/mol. The van der Waals surface area contributed by atoms with E-state index in [0.717, 1.165) is 0 Å². The molecule has 0 fully saturated rings. The van der Waals surface area contributed by atoms with Crippen molar-refractivity contribution in [1.29, 1.82) is 0 Å². The van der Waals surface area contributed by atoms with Crippen LogP contribution in [-0.2, 0) is 0 Å². The molecule has 3 heteroatoms. The van der Waals surface area contributed by atoms with Gasteiger partial charge in [-0.25, -0.2) is 0 Å². The molecule has 0 saturated heterocycles. The van der Waals surface area contributed by atoms with Crippen molar-refractivity contribution < 1.29 is 5.11 Å². The van der Waals surface area contributed by atoms with E-state index in [4.69, 9.17) is 5.11 Å². The van der Waals surface area contributed by atoms with E-state index in [-0.39, 0.29) is 5.92 Å². The number of aliphatic imine (C=N–C) groups is 1. The second-order valence-electron chi connectivity index (χ2n) is 2.00. The van der Waals surface area contributed by atoms with Crippen LogP contribution in [0.3, 0.4) is 0 Å². The molecule has 3 nitrogen and oxygen atoms in total. The predicted octanol–water partition coefficient (Wildman–Crippen LogP) is -0.139. The lowest BCUT2D eigenvalue weighted by molar-refractivity contribution is 0.120. The molecular weight excluding hydrogens is 116 g/mol. The van der Waals surface area contributed by atoms with Gasteiger partial charge in [0.15, 0.2) is 0 Å². The summed E-state index contributed by atoms with van der Waals surface area (Å²) in [7, 11) is 3.41. The third kappa shape index (κ3) is 3.21. The van der Waals surface area contributed by atoms with Crippen molar-refractivity contribution in [3.05, 3.63) is 0 Å². The number of aliphatic hydroxyl groups excluding tert-OH is 1. The zero-order valence-corrected chi connectivity index (χ0v) is 6.13. The quantitative estimate of drug-likeness (QED) is 0.412. The van der Waals surface area contributed by atoms with Crippen molar-refractivity contribution >= 4 is 6.21 Å². The first-order chi connectivity index (χ1) is 4.22. The average molecular weight is 130 g/mol. The molecule has 54 valence electrons. The molecule has 0 aromatic rings. The number of nitrogens with one attached hydrogen (secondary N) is 1. The van der Waals surface area contributed by atoms with Crippen LogP contribution in [0.25, 0.3) is 0 Å². The van der Waals surface area contributed by atoms with Crippen LogP contribution in [0.5, 0.6) is 0 Å². The van der Waals surface area contributed by atoms with Gasteiger partial charge >= 0.3 is 0 Å². The number of hydrogen-bond donors (Lipinski definition) is 2. The third-order valence-corrected chi connectivity index (χ3v) is 1.18. The van der Waals surface area contributed by atoms with Crippen molar-refractivity contribution in [2.45, 2.75) is 13.2 Å². The first-order valence-corrected chi connectivity index (χ1v) is 3.00. The minimum absolute atomic E-state index is 0.0833. The summed E-state index contributed by atoms with van der Waals surface area (Å²) in [5, 5.41) is 11.8. The second-order valence-corrected chi connectivity index (χ2v) is 2.00. The van der Waals surface area contributed by atoms with Crippen molar-refractivity contribution in [1.82, 2.24) is 5.32 Å². The molecule has 2 unspecified atom stereocenters. The second kappa shape index (κ2) is 4.47. The largest absolute Gasteiger partial charge is 0.378 e. The molecular formula is C6H14N2O. The summed E-state index contributed by atoms with van der Waals surface area (Å²) in [5.74, 6) is 0.0833. The zero-order chi connectivity index (χ0) is 7.28. The van der Waals surface area contributed by atoms with E-state index in [0.29, 0.717) is 0 Å². The fraction of sp³-hybridized carbons (Fsp3) is 0.833. The molecule has 9 heavy (non-hydrogen) atoms. The smallest absolute Gasteiger partial charge is 0.112 e. The number of nitrogens with zero attached hydrogens (tertiary/aromatic N) is 1. The first-order valence-electron chi connectivity index (χ1n) is 3.00. The van der Waals surface area contributed by atoms with Gasteiger partial charge < -0.3 is 10.1 Å². The van der Waals surface area contributed by atoms with Gasteiger partial charge in [0.1, 0.15) is 6.23 Å². The van der Waals surface area contributed by atoms with Crippen LogP contribution in [0.4, 0.5) is 0 Å². The highest BCUT2D eigenvalue weighted by Crippen LogP contribution is 1.93. The van der Waals surface area contributed by atoms with Gasteiger partial charge in [0, 0.05) is 19.2 Å². The molecule has 2 N–H and O–H groups in total. The molecule has 0 heterocycles. The van der Waals surface area contributed by atoms with Gasteiger partial charge in [-0.2, -0.15) is 0 Å². The minimum atomic E-state index is -0.478.